The van der Waals surface area contributed by atoms with Crippen LogP contribution in [0.15, 0.2) is 42.5 Å². The molecule has 3 rings (SSSR count). The molecule has 1 heterocycles. The van der Waals surface area contributed by atoms with E-state index in [4.69, 9.17) is 9.47 Å². The predicted octanol–water partition coefficient (Wildman–Crippen LogP) is 3.05. The van der Waals surface area contributed by atoms with Crippen molar-refractivity contribution >= 4 is 17.3 Å². The largest absolute Gasteiger partial charge is 0.497 e. The van der Waals surface area contributed by atoms with Gasteiger partial charge in [0.25, 0.3) is 5.91 Å². The highest BCUT2D eigenvalue weighted by Crippen LogP contribution is 2.34. The molecule has 0 spiro atoms. The molecule has 1 aliphatic rings. The number of benzene rings is 2. The van der Waals surface area contributed by atoms with Crippen LogP contribution >= 0.6 is 0 Å². The lowest BCUT2D eigenvalue weighted by Crippen LogP contribution is -2.38. The van der Waals surface area contributed by atoms with Crippen molar-refractivity contribution in [1.82, 2.24) is 0 Å². The van der Waals surface area contributed by atoms with Crippen molar-refractivity contribution in [3.63, 3.8) is 0 Å². The summed E-state index contributed by atoms with van der Waals surface area (Å²) < 4.78 is 10.8. The third kappa shape index (κ3) is 3.23. The lowest BCUT2D eigenvalue weighted by Gasteiger charge is -2.28. The standard InChI is InChI=1S/C18H20N2O3/c1-3-20-16-8-7-14(10-17(16)23-12-18(20)21)19-11-13-5-4-6-15(9-13)22-2/h4-10,19H,3,11-12H2,1-2H3. The molecule has 5 nitrogen and oxygen atoms in total. The van der Waals surface area contributed by atoms with E-state index in [0.29, 0.717) is 13.1 Å². The summed E-state index contributed by atoms with van der Waals surface area (Å²) in [4.78, 5) is 13.6. The van der Waals surface area contributed by atoms with E-state index in [1.165, 1.54) is 0 Å². The monoisotopic (exact) mass is 312 g/mol. The third-order valence-corrected chi connectivity index (χ3v) is 3.85. The quantitative estimate of drug-likeness (QED) is 0.922. The molecular weight excluding hydrogens is 292 g/mol. The molecule has 120 valence electrons. The number of likely N-dealkylation sites (N-methyl/N-ethyl adjacent to an activating group) is 1. The number of carbonyl (C=O) groups excluding carboxylic acids is 1. The molecular formula is C18H20N2O3. The minimum atomic E-state index is -0.00269. The van der Waals surface area contributed by atoms with Crippen LogP contribution < -0.4 is 19.7 Å². The zero-order chi connectivity index (χ0) is 16.2. The Hall–Kier alpha value is -2.69. The lowest BCUT2D eigenvalue weighted by atomic mass is 10.2. The average Bonchev–Trinajstić information content (AvgIpc) is 2.60. The Kier molecular flexibility index (Phi) is 4.37. The summed E-state index contributed by atoms with van der Waals surface area (Å²) in [6.07, 6.45) is 0. The van der Waals surface area contributed by atoms with Crippen molar-refractivity contribution in [3.8, 4) is 11.5 Å². The van der Waals surface area contributed by atoms with E-state index < -0.39 is 0 Å². The molecule has 2 aromatic rings. The van der Waals surface area contributed by atoms with Gasteiger partial charge in [0.2, 0.25) is 0 Å². The van der Waals surface area contributed by atoms with E-state index in [9.17, 15) is 4.79 Å². The van der Waals surface area contributed by atoms with Gasteiger partial charge >= 0.3 is 0 Å². The first-order chi connectivity index (χ1) is 11.2. The van der Waals surface area contributed by atoms with Gasteiger partial charge in [-0.15, -0.1) is 0 Å². The number of hydrogen-bond donors (Lipinski definition) is 1. The van der Waals surface area contributed by atoms with Crippen molar-refractivity contribution < 1.29 is 14.3 Å². The van der Waals surface area contributed by atoms with Gasteiger partial charge in [-0.3, -0.25) is 4.79 Å². The molecule has 0 aliphatic carbocycles. The van der Waals surface area contributed by atoms with Crippen LogP contribution in [0.2, 0.25) is 0 Å². The van der Waals surface area contributed by atoms with E-state index in [0.717, 1.165) is 28.4 Å². The van der Waals surface area contributed by atoms with E-state index >= 15 is 0 Å². The van der Waals surface area contributed by atoms with Crippen molar-refractivity contribution in [2.45, 2.75) is 13.5 Å². The fourth-order valence-corrected chi connectivity index (χ4v) is 2.65. The fourth-order valence-electron chi connectivity index (χ4n) is 2.65. The number of nitrogens with one attached hydrogen (secondary N) is 1. The molecule has 0 saturated heterocycles. The summed E-state index contributed by atoms with van der Waals surface area (Å²) in [5.74, 6) is 1.58. The zero-order valence-electron chi connectivity index (χ0n) is 13.3. The highest BCUT2D eigenvalue weighted by molar-refractivity contribution is 5.98. The van der Waals surface area contributed by atoms with Crippen molar-refractivity contribution in [2.75, 3.05) is 30.5 Å². The minimum absolute atomic E-state index is 0.00269. The fraction of sp³-hybridized carbons (Fsp3) is 0.278. The molecule has 0 radical (unpaired) electrons. The van der Waals surface area contributed by atoms with Gasteiger partial charge in [-0.25, -0.2) is 0 Å². The highest BCUT2D eigenvalue weighted by Gasteiger charge is 2.24. The SMILES string of the molecule is CCN1C(=O)COc2cc(NCc3cccc(OC)c3)ccc21. The number of rotatable bonds is 5. The summed E-state index contributed by atoms with van der Waals surface area (Å²) in [6, 6.07) is 13.8. The second-order valence-corrected chi connectivity index (χ2v) is 5.31. The summed E-state index contributed by atoms with van der Waals surface area (Å²) in [5, 5.41) is 3.37. The normalized spacial score (nSPS) is 13.3. The second-order valence-electron chi connectivity index (χ2n) is 5.31. The molecule has 0 bridgehead atoms. The number of amides is 1. The third-order valence-electron chi connectivity index (χ3n) is 3.85. The summed E-state index contributed by atoms with van der Waals surface area (Å²) >= 11 is 0. The van der Waals surface area contributed by atoms with Crippen LogP contribution in [-0.4, -0.2) is 26.2 Å². The first-order valence-electron chi connectivity index (χ1n) is 7.65. The zero-order valence-corrected chi connectivity index (χ0v) is 13.3. The van der Waals surface area contributed by atoms with E-state index in [1.807, 2.05) is 49.4 Å². The minimum Gasteiger partial charge on any atom is -0.497 e. The van der Waals surface area contributed by atoms with Gasteiger partial charge in [-0.05, 0) is 36.8 Å². The average molecular weight is 312 g/mol. The molecule has 0 unspecified atom stereocenters. The van der Waals surface area contributed by atoms with Crippen molar-refractivity contribution in [2.24, 2.45) is 0 Å². The van der Waals surface area contributed by atoms with Gasteiger partial charge in [-0.1, -0.05) is 12.1 Å². The van der Waals surface area contributed by atoms with E-state index in [2.05, 4.69) is 5.32 Å². The maximum Gasteiger partial charge on any atom is 0.265 e. The predicted molar refractivity (Wildman–Crippen MR) is 90.3 cm³/mol. The number of ether oxygens (including phenoxy) is 2. The Morgan fingerprint density at radius 2 is 2.13 bits per heavy atom. The Balaban J connectivity index is 1.73. The van der Waals surface area contributed by atoms with Crippen LogP contribution in [0.5, 0.6) is 11.5 Å². The number of anilines is 2. The Bertz CT molecular complexity index is 715. The van der Waals surface area contributed by atoms with Gasteiger partial charge in [0.1, 0.15) is 11.5 Å². The topological polar surface area (TPSA) is 50.8 Å². The molecule has 5 heteroatoms. The molecule has 2 aromatic carbocycles. The van der Waals surface area contributed by atoms with Crippen molar-refractivity contribution in [3.05, 3.63) is 48.0 Å². The summed E-state index contributed by atoms with van der Waals surface area (Å²) in [5.41, 5.74) is 2.92. The number of methoxy groups -OCH3 is 1. The summed E-state index contributed by atoms with van der Waals surface area (Å²) in [6.45, 7) is 3.39. The Labute approximate surface area is 135 Å². The van der Waals surface area contributed by atoms with E-state index in [1.54, 1.807) is 12.0 Å². The number of hydrogen-bond acceptors (Lipinski definition) is 4. The maximum atomic E-state index is 11.8. The van der Waals surface area contributed by atoms with Crippen LogP contribution in [0.1, 0.15) is 12.5 Å². The molecule has 1 aliphatic heterocycles. The molecule has 0 aromatic heterocycles. The van der Waals surface area contributed by atoms with Crippen LogP contribution in [-0.2, 0) is 11.3 Å². The molecule has 0 fully saturated rings. The molecule has 23 heavy (non-hydrogen) atoms. The van der Waals surface area contributed by atoms with Crippen LogP contribution in [0.4, 0.5) is 11.4 Å². The number of carbonyl (C=O) groups is 1. The molecule has 1 N–H and O–H groups in total. The van der Waals surface area contributed by atoms with Crippen molar-refractivity contribution in [1.29, 1.82) is 0 Å². The Morgan fingerprint density at radius 1 is 1.26 bits per heavy atom. The highest BCUT2D eigenvalue weighted by atomic mass is 16.5. The van der Waals surface area contributed by atoms with Crippen LogP contribution in [0, 0.1) is 0 Å². The molecule has 0 saturated carbocycles. The number of fused-ring (bicyclic) bond motifs is 1. The maximum absolute atomic E-state index is 11.8. The second kappa shape index (κ2) is 6.60. The van der Waals surface area contributed by atoms with Gasteiger partial charge < -0.3 is 19.7 Å². The summed E-state index contributed by atoms with van der Waals surface area (Å²) in [7, 11) is 1.66. The number of nitrogens with zero attached hydrogens (tertiary/aromatic N) is 1. The van der Waals surface area contributed by atoms with E-state index in [-0.39, 0.29) is 12.5 Å². The Morgan fingerprint density at radius 3 is 2.91 bits per heavy atom. The first-order valence-corrected chi connectivity index (χ1v) is 7.65. The molecule has 0 atom stereocenters. The van der Waals surface area contributed by atoms with Crippen LogP contribution in [0.25, 0.3) is 0 Å². The lowest BCUT2D eigenvalue weighted by molar-refractivity contribution is -0.121. The van der Waals surface area contributed by atoms with Crippen LogP contribution in [0.3, 0.4) is 0 Å². The van der Waals surface area contributed by atoms with Gasteiger partial charge in [0.15, 0.2) is 6.61 Å². The molecule has 1 amide bonds. The smallest absolute Gasteiger partial charge is 0.265 e. The first kappa shape index (κ1) is 15.2. The van der Waals surface area contributed by atoms with Gasteiger partial charge in [0.05, 0.1) is 12.8 Å². The van der Waals surface area contributed by atoms with Gasteiger partial charge in [0, 0.05) is 24.8 Å². The van der Waals surface area contributed by atoms with Gasteiger partial charge in [-0.2, -0.15) is 0 Å².